The van der Waals surface area contributed by atoms with Crippen molar-refractivity contribution in [3.05, 3.63) is 22.8 Å². The number of hydrogen-bond acceptors (Lipinski definition) is 5. The van der Waals surface area contributed by atoms with Crippen molar-refractivity contribution in [3.8, 4) is 0 Å². The minimum absolute atomic E-state index is 0.213. The van der Waals surface area contributed by atoms with Crippen LogP contribution in [0.15, 0.2) is 12.3 Å². The van der Waals surface area contributed by atoms with Gasteiger partial charge in [-0.2, -0.15) is 0 Å². The van der Waals surface area contributed by atoms with Crippen LogP contribution in [0.1, 0.15) is 24.2 Å². The lowest BCUT2D eigenvalue weighted by atomic mass is 10.2. The van der Waals surface area contributed by atoms with Crippen molar-refractivity contribution in [2.75, 3.05) is 31.1 Å². The van der Waals surface area contributed by atoms with E-state index in [9.17, 15) is 9.59 Å². The standard InChI is InChI=1S/C14H18ClN3O4/c1-9(2)22-13(19)10-7-11(15)12(16-8-10)17-3-5-18(6-4-17)14(20)21/h7-9H,3-6H2,1-2H3,(H,20,21). The molecule has 1 aliphatic rings. The van der Waals surface area contributed by atoms with Crippen molar-refractivity contribution >= 4 is 29.5 Å². The second-order valence-electron chi connectivity index (χ2n) is 5.24. The number of carboxylic acid groups (broad SMARTS) is 1. The molecule has 0 saturated carbocycles. The van der Waals surface area contributed by atoms with E-state index in [1.54, 1.807) is 13.8 Å². The van der Waals surface area contributed by atoms with Crippen LogP contribution in [-0.4, -0.2) is 59.3 Å². The van der Waals surface area contributed by atoms with Gasteiger partial charge in [-0.1, -0.05) is 11.6 Å². The van der Waals surface area contributed by atoms with Gasteiger partial charge in [-0.05, 0) is 19.9 Å². The summed E-state index contributed by atoms with van der Waals surface area (Å²) in [7, 11) is 0. The highest BCUT2D eigenvalue weighted by Crippen LogP contribution is 2.25. The molecule has 0 bridgehead atoms. The Balaban J connectivity index is 2.07. The molecule has 1 amide bonds. The van der Waals surface area contributed by atoms with Gasteiger partial charge in [0.25, 0.3) is 0 Å². The Bertz CT molecular complexity index is 571. The van der Waals surface area contributed by atoms with Gasteiger partial charge in [-0.3, -0.25) is 0 Å². The van der Waals surface area contributed by atoms with Gasteiger partial charge in [0.1, 0.15) is 5.82 Å². The minimum Gasteiger partial charge on any atom is -0.465 e. The lowest BCUT2D eigenvalue weighted by Gasteiger charge is -2.34. The Morgan fingerprint density at radius 2 is 1.95 bits per heavy atom. The monoisotopic (exact) mass is 327 g/mol. The summed E-state index contributed by atoms with van der Waals surface area (Å²) in [5.74, 6) is 0.0828. The quantitative estimate of drug-likeness (QED) is 0.856. The summed E-state index contributed by atoms with van der Waals surface area (Å²) in [5, 5.41) is 9.28. The maximum Gasteiger partial charge on any atom is 0.407 e. The molecule has 1 N–H and O–H groups in total. The molecule has 7 nitrogen and oxygen atoms in total. The number of carbonyl (C=O) groups excluding carboxylic acids is 1. The number of piperazine rings is 1. The van der Waals surface area contributed by atoms with E-state index in [4.69, 9.17) is 21.4 Å². The van der Waals surface area contributed by atoms with Gasteiger partial charge < -0.3 is 19.6 Å². The number of pyridine rings is 1. The van der Waals surface area contributed by atoms with Gasteiger partial charge in [-0.15, -0.1) is 0 Å². The first-order valence-electron chi connectivity index (χ1n) is 6.98. The number of rotatable bonds is 3. The van der Waals surface area contributed by atoms with E-state index in [2.05, 4.69) is 4.98 Å². The van der Waals surface area contributed by atoms with Crippen molar-refractivity contribution in [1.82, 2.24) is 9.88 Å². The number of hydrogen-bond donors (Lipinski definition) is 1. The smallest absolute Gasteiger partial charge is 0.407 e. The number of anilines is 1. The molecule has 1 saturated heterocycles. The Morgan fingerprint density at radius 1 is 1.32 bits per heavy atom. The summed E-state index contributed by atoms with van der Waals surface area (Å²) in [6.07, 6.45) is 0.288. The van der Waals surface area contributed by atoms with Crippen LogP contribution in [0.3, 0.4) is 0 Å². The second kappa shape index (κ2) is 6.83. The Hall–Kier alpha value is -2.02. The maximum atomic E-state index is 11.8. The van der Waals surface area contributed by atoms with Crippen LogP contribution < -0.4 is 4.90 Å². The van der Waals surface area contributed by atoms with Crippen LogP contribution in [0.5, 0.6) is 0 Å². The maximum absolute atomic E-state index is 11.8. The van der Waals surface area contributed by atoms with Crippen LogP contribution in [0, 0.1) is 0 Å². The zero-order valence-electron chi connectivity index (χ0n) is 12.5. The SMILES string of the molecule is CC(C)OC(=O)c1cnc(N2CCN(C(=O)O)CC2)c(Cl)c1. The van der Waals surface area contributed by atoms with Crippen LogP contribution in [0.4, 0.5) is 10.6 Å². The molecule has 1 aromatic rings. The highest BCUT2D eigenvalue weighted by Gasteiger charge is 2.23. The summed E-state index contributed by atoms with van der Waals surface area (Å²) in [6.45, 7) is 5.34. The first-order chi connectivity index (χ1) is 10.4. The van der Waals surface area contributed by atoms with Gasteiger partial charge in [-0.25, -0.2) is 14.6 Å². The van der Waals surface area contributed by atoms with Crippen LogP contribution in [0.25, 0.3) is 0 Å². The number of nitrogens with zero attached hydrogens (tertiary/aromatic N) is 3. The summed E-state index contributed by atoms with van der Waals surface area (Å²) in [5.41, 5.74) is 0.298. The van der Waals surface area contributed by atoms with E-state index in [0.29, 0.717) is 42.6 Å². The molecule has 0 atom stereocenters. The first kappa shape index (κ1) is 16.4. The van der Waals surface area contributed by atoms with Crippen molar-refractivity contribution in [3.63, 3.8) is 0 Å². The molecule has 1 aromatic heterocycles. The zero-order valence-corrected chi connectivity index (χ0v) is 13.2. The summed E-state index contributed by atoms with van der Waals surface area (Å²) >= 11 is 6.20. The highest BCUT2D eigenvalue weighted by molar-refractivity contribution is 6.33. The van der Waals surface area contributed by atoms with Crippen LogP contribution >= 0.6 is 11.6 Å². The van der Waals surface area contributed by atoms with E-state index < -0.39 is 12.1 Å². The summed E-state index contributed by atoms with van der Waals surface area (Å²) in [4.78, 5) is 30.2. The predicted octanol–water partition coefficient (Wildman–Crippen LogP) is 2.10. The van der Waals surface area contributed by atoms with Gasteiger partial charge in [0.05, 0.1) is 16.7 Å². The third-order valence-corrected chi connectivity index (χ3v) is 3.53. The van der Waals surface area contributed by atoms with E-state index in [1.165, 1.54) is 17.2 Å². The fraction of sp³-hybridized carbons (Fsp3) is 0.500. The van der Waals surface area contributed by atoms with E-state index in [0.717, 1.165) is 0 Å². The lowest BCUT2D eigenvalue weighted by Crippen LogP contribution is -2.48. The van der Waals surface area contributed by atoms with Crippen molar-refractivity contribution < 1.29 is 19.4 Å². The average Bonchev–Trinajstić information content (AvgIpc) is 2.46. The number of esters is 1. The Morgan fingerprint density at radius 3 is 2.45 bits per heavy atom. The Labute approximate surface area is 133 Å². The molecular formula is C14H18ClN3O4. The summed E-state index contributed by atoms with van der Waals surface area (Å²) in [6, 6.07) is 1.53. The third kappa shape index (κ3) is 3.79. The highest BCUT2D eigenvalue weighted by atomic mass is 35.5. The summed E-state index contributed by atoms with van der Waals surface area (Å²) < 4.78 is 5.09. The van der Waals surface area contributed by atoms with Gasteiger partial charge >= 0.3 is 12.1 Å². The van der Waals surface area contributed by atoms with Gasteiger partial charge in [0.2, 0.25) is 0 Å². The third-order valence-electron chi connectivity index (χ3n) is 3.25. The van der Waals surface area contributed by atoms with Gasteiger partial charge in [0, 0.05) is 32.4 Å². The molecule has 0 aromatic carbocycles. The number of ether oxygens (including phenoxy) is 1. The number of carbonyl (C=O) groups is 2. The minimum atomic E-state index is -0.925. The molecule has 1 aliphatic heterocycles. The zero-order chi connectivity index (χ0) is 16.3. The largest absolute Gasteiger partial charge is 0.465 e. The van der Waals surface area contributed by atoms with Crippen molar-refractivity contribution in [1.29, 1.82) is 0 Å². The first-order valence-corrected chi connectivity index (χ1v) is 7.35. The van der Waals surface area contributed by atoms with E-state index >= 15 is 0 Å². The Kier molecular flexibility index (Phi) is 5.07. The molecule has 2 heterocycles. The average molecular weight is 328 g/mol. The normalized spacial score (nSPS) is 15.1. The molecule has 0 aliphatic carbocycles. The predicted molar refractivity (Wildman–Crippen MR) is 81.6 cm³/mol. The molecule has 120 valence electrons. The molecular weight excluding hydrogens is 310 g/mol. The molecule has 0 spiro atoms. The molecule has 22 heavy (non-hydrogen) atoms. The fourth-order valence-corrected chi connectivity index (χ4v) is 2.45. The van der Waals surface area contributed by atoms with Crippen LogP contribution in [0.2, 0.25) is 5.02 Å². The van der Waals surface area contributed by atoms with Crippen molar-refractivity contribution in [2.45, 2.75) is 20.0 Å². The molecule has 0 unspecified atom stereocenters. The number of aromatic nitrogens is 1. The molecule has 1 fully saturated rings. The number of halogens is 1. The van der Waals surface area contributed by atoms with Gasteiger partial charge in [0.15, 0.2) is 0 Å². The van der Waals surface area contributed by atoms with E-state index in [-0.39, 0.29) is 6.10 Å². The number of amides is 1. The molecule has 2 rings (SSSR count). The molecule has 0 radical (unpaired) electrons. The fourth-order valence-electron chi connectivity index (χ4n) is 2.17. The van der Waals surface area contributed by atoms with E-state index in [1.807, 2.05) is 4.90 Å². The lowest BCUT2D eigenvalue weighted by molar-refractivity contribution is 0.0377. The van der Waals surface area contributed by atoms with Crippen LogP contribution in [-0.2, 0) is 4.74 Å². The molecule has 8 heteroatoms. The van der Waals surface area contributed by atoms with Crippen molar-refractivity contribution in [2.24, 2.45) is 0 Å². The topological polar surface area (TPSA) is 83.0 Å². The second-order valence-corrected chi connectivity index (χ2v) is 5.65.